The van der Waals surface area contributed by atoms with Gasteiger partial charge in [0.1, 0.15) is 6.04 Å². The summed E-state index contributed by atoms with van der Waals surface area (Å²) >= 11 is 1.36. The standard InChI is InChI=1S/C20H23N3O2S/c1-3-13(2)22-19(24)17(23-20(25)18-9-6-10-26-18)11-14-12-21-16-8-5-4-7-15(14)16/h4-10,12-13,17,21H,3,11H2,1-2H3,(H,22,24)(H,23,25)/t13-,17+/m0/s1. The zero-order chi connectivity index (χ0) is 18.5. The maximum Gasteiger partial charge on any atom is 0.262 e. The van der Waals surface area contributed by atoms with Crippen molar-refractivity contribution in [1.82, 2.24) is 15.6 Å². The Morgan fingerprint density at radius 2 is 1.96 bits per heavy atom. The second kappa shape index (κ2) is 8.19. The smallest absolute Gasteiger partial charge is 0.262 e. The van der Waals surface area contributed by atoms with Crippen LogP contribution in [0.5, 0.6) is 0 Å². The van der Waals surface area contributed by atoms with E-state index >= 15 is 0 Å². The largest absolute Gasteiger partial charge is 0.361 e. The average Bonchev–Trinajstić information content (AvgIpc) is 3.31. The molecule has 2 atom stereocenters. The van der Waals surface area contributed by atoms with Gasteiger partial charge in [0.2, 0.25) is 5.91 Å². The predicted octanol–water partition coefficient (Wildman–Crippen LogP) is 3.49. The highest BCUT2D eigenvalue weighted by atomic mass is 32.1. The summed E-state index contributed by atoms with van der Waals surface area (Å²) in [5.41, 5.74) is 2.03. The summed E-state index contributed by atoms with van der Waals surface area (Å²) in [7, 11) is 0. The van der Waals surface area contributed by atoms with Crippen molar-refractivity contribution < 1.29 is 9.59 Å². The van der Waals surface area contributed by atoms with E-state index in [0.717, 1.165) is 22.9 Å². The number of para-hydroxylation sites is 1. The van der Waals surface area contributed by atoms with Crippen molar-refractivity contribution in [3.8, 4) is 0 Å². The fraction of sp³-hybridized carbons (Fsp3) is 0.300. The first-order valence-electron chi connectivity index (χ1n) is 8.78. The van der Waals surface area contributed by atoms with E-state index in [1.54, 1.807) is 6.07 Å². The number of aromatic nitrogens is 1. The molecule has 0 spiro atoms. The number of amides is 2. The van der Waals surface area contributed by atoms with E-state index in [1.807, 2.05) is 55.8 Å². The van der Waals surface area contributed by atoms with Crippen molar-refractivity contribution in [1.29, 1.82) is 0 Å². The SMILES string of the molecule is CC[C@H](C)NC(=O)[C@@H](Cc1c[nH]c2ccccc12)NC(=O)c1cccs1. The molecule has 136 valence electrons. The van der Waals surface area contributed by atoms with Gasteiger partial charge in [-0.05, 0) is 36.4 Å². The Morgan fingerprint density at radius 1 is 1.15 bits per heavy atom. The van der Waals surface area contributed by atoms with Gasteiger partial charge in [-0.1, -0.05) is 31.2 Å². The van der Waals surface area contributed by atoms with Crippen LogP contribution >= 0.6 is 11.3 Å². The molecule has 1 aromatic carbocycles. The molecule has 0 aliphatic heterocycles. The highest BCUT2D eigenvalue weighted by Crippen LogP contribution is 2.19. The maximum absolute atomic E-state index is 12.7. The minimum Gasteiger partial charge on any atom is -0.361 e. The van der Waals surface area contributed by atoms with Crippen LogP contribution in [0.2, 0.25) is 0 Å². The number of thiophene rings is 1. The molecule has 26 heavy (non-hydrogen) atoms. The molecular weight excluding hydrogens is 346 g/mol. The first-order valence-corrected chi connectivity index (χ1v) is 9.66. The molecular formula is C20H23N3O2S. The van der Waals surface area contributed by atoms with Crippen LogP contribution in [0.1, 0.15) is 35.5 Å². The third-order valence-corrected chi connectivity index (χ3v) is 5.34. The van der Waals surface area contributed by atoms with Gasteiger partial charge in [-0.3, -0.25) is 9.59 Å². The van der Waals surface area contributed by atoms with Crippen LogP contribution in [-0.4, -0.2) is 28.9 Å². The van der Waals surface area contributed by atoms with Gasteiger partial charge >= 0.3 is 0 Å². The van der Waals surface area contributed by atoms with E-state index in [1.165, 1.54) is 11.3 Å². The van der Waals surface area contributed by atoms with Crippen molar-refractivity contribution in [3.63, 3.8) is 0 Å². The zero-order valence-corrected chi connectivity index (χ0v) is 15.7. The van der Waals surface area contributed by atoms with Crippen LogP contribution < -0.4 is 10.6 Å². The molecule has 0 bridgehead atoms. The molecule has 5 nitrogen and oxygen atoms in total. The molecule has 3 rings (SSSR count). The topological polar surface area (TPSA) is 74.0 Å². The Labute approximate surface area is 156 Å². The van der Waals surface area contributed by atoms with Crippen LogP contribution in [0.15, 0.2) is 48.0 Å². The number of hydrogen-bond acceptors (Lipinski definition) is 3. The minimum atomic E-state index is -0.627. The second-order valence-electron chi connectivity index (χ2n) is 6.38. The number of rotatable bonds is 7. The fourth-order valence-electron chi connectivity index (χ4n) is 2.81. The van der Waals surface area contributed by atoms with Gasteiger partial charge in [0.25, 0.3) is 5.91 Å². The Bertz CT molecular complexity index is 885. The van der Waals surface area contributed by atoms with Crippen LogP contribution in [-0.2, 0) is 11.2 Å². The summed E-state index contributed by atoms with van der Waals surface area (Å²) < 4.78 is 0. The van der Waals surface area contributed by atoms with Gasteiger partial charge in [-0.25, -0.2) is 0 Å². The maximum atomic E-state index is 12.7. The van der Waals surface area contributed by atoms with Crippen LogP contribution in [0.4, 0.5) is 0 Å². The van der Waals surface area contributed by atoms with Crippen molar-refractivity contribution in [2.45, 2.75) is 38.8 Å². The lowest BCUT2D eigenvalue weighted by molar-refractivity contribution is -0.123. The minimum absolute atomic E-state index is 0.0617. The fourth-order valence-corrected chi connectivity index (χ4v) is 3.44. The van der Waals surface area contributed by atoms with Crippen molar-refractivity contribution >= 4 is 34.1 Å². The van der Waals surface area contributed by atoms with Crippen LogP contribution in [0.3, 0.4) is 0 Å². The third kappa shape index (κ3) is 4.14. The summed E-state index contributed by atoms with van der Waals surface area (Å²) in [5, 5.41) is 8.80. The Balaban J connectivity index is 1.82. The number of aromatic amines is 1. The molecule has 0 unspecified atom stereocenters. The van der Waals surface area contributed by atoms with Crippen molar-refractivity contribution in [3.05, 3.63) is 58.4 Å². The number of fused-ring (bicyclic) bond motifs is 1. The molecule has 0 fully saturated rings. The molecule has 0 saturated carbocycles. The quantitative estimate of drug-likeness (QED) is 0.596. The Morgan fingerprint density at radius 3 is 2.69 bits per heavy atom. The van der Waals surface area contributed by atoms with Gasteiger partial charge in [0, 0.05) is 29.6 Å². The van der Waals surface area contributed by atoms with Gasteiger partial charge in [0.15, 0.2) is 0 Å². The lowest BCUT2D eigenvalue weighted by Crippen LogP contribution is -2.50. The molecule has 3 aromatic rings. The summed E-state index contributed by atoms with van der Waals surface area (Å²) in [4.78, 5) is 29.1. The highest BCUT2D eigenvalue weighted by Gasteiger charge is 2.24. The van der Waals surface area contributed by atoms with Gasteiger partial charge < -0.3 is 15.6 Å². The molecule has 0 aliphatic carbocycles. The number of nitrogens with one attached hydrogen (secondary N) is 3. The first kappa shape index (κ1) is 18.2. The van der Waals surface area contributed by atoms with E-state index in [2.05, 4.69) is 15.6 Å². The van der Waals surface area contributed by atoms with Crippen LogP contribution in [0, 0.1) is 0 Å². The molecule has 2 aromatic heterocycles. The number of H-pyrrole nitrogens is 1. The summed E-state index contributed by atoms with van der Waals surface area (Å²) in [6, 6.07) is 11.0. The van der Waals surface area contributed by atoms with Crippen LogP contribution in [0.25, 0.3) is 10.9 Å². The predicted molar refractivity (Wildman–Crippen MR) is 105 cm³/mol. The summed E-state index contributed by atoms with van der Waals surface area (Å²) in [6.07, 6.45) is 3.18. The van der Waals surface area contributed by atoms with E-state index < -0.39 is 6.04 Å². The summed E-state index contributed by atoms with van der Waals surface area (Å²) in [6.45, 7) is 3.98. The molecule has 6 heteroatoms. The van der Waals surface area contributed by atoms with E-state index in [0.29, 0.717) is 11.3 Å². The third-order valence-electron chi connectivity index (χ3n) is 4.47. The zero-order valence-electron chi connectivity index (χ0n) is 14.9. The second-order valence-corrected chi connectivity index (χ2v) is 7.33. The monoisotopic (exact) mass is 369 g/mol. The first-order chi connectivity index (χ1) is 12.6. The average molecular weight is 369 g/mol. The van der Waals surface area contributed by atoms with E-state index in [9.17, 15) is 9.59 Å². The molecule has 2 amide bonds. The normalized spacial score (nSPS) is 13.3. The molecule has 0 radical (unpaired) electrons. The molecule has 3 N–H and O–H groups in total. The molecule has 0 aliphatic rings. The number of hydrogen-bond donors (Lipinski definition) is 3. The van der Waals surface area contributed by atoms with Crippen molar-refractivity contribution in [2.24, 2.45) is 0 Å². The van der Waals surface area contributed by atoms with E-state index in [-0.39, 0.29) is 17.9 Å². The van der Waals surface area contributed by atoms with E-state index in [4.69, 9.17) is 0 Å². The lowest BCUT2D eigenvalue weighted by Gasteiger charge is -2.20. The van der Waals surface area contributed by atoms with Gasteiger partial charge in [-0.2, -0.15) is 0 Å². The Kier molecular flexibility index (Phi) is 5.73. The van der Waals surface area contributed by atoms with Crippen molar-refractivity contribution in [2.75, 3.05) is 0 Å². The molecule has 2 heterocycles. The number of benzene rings is 1. The highest BCUT2D eigenvalue weighted by molar-refractivity contribution is 7.12. The Hall–Kier alpha value is -2.60. The molecule has 0 saturated heterocycles. The van der Waals surface area contributed by atoms with Gasteiger partial charge in [0.05, 0.1) is 4.88 Å². The number of carbonyl (C=O) groups excluding carboxylic acids is 2. The van der Waals surface area contributed by atoms with Gasteiger partial charge in [-0.15, -0.1) is 11.3 Å². The lowest BCUT2D eigenvalue weighted by atomic mass is 10.0. The summed E-state index contributed by atoms with van der Waals surface area (Å²) in [5.74, 6) is -0.376. The number of carbonyl (C=O) groups is 2.